The van der Waals surface area contributed by atoms with Crippen LogP contribution in [-0.4, -0.2) is 20.9 Å². The zero-order valence-corrected chi connectivity index (χ0v) is 18.0. The van der Waals surface area contributed by atoms with E-state index in [1.54, 1.807) is 6.92 Å². The molecular weight excluding hydrogens is 376 g/mol. The molecule has 1 atom stereocenters. The highest BCUT2D eigenvalue weighted by molar-refractivity contribution is 5.82. The molecule has 1 aromatic heterocycles. The van der Waals surface area contributed by atoms with Crippen molar-refractivity contribution in [2.45, 2.75) is 53.2 Å². The normalized spacial score (nSPS) is 11.9. The Morgan fingerprint density at radius 1 is 1.20 bits per heavy atom. The largest absolute Gasteiger partial charge is 0.489 e. The van der Waals surface area contributed by atoms with Crippen molar-refractivity contribution in [3.05, 3.63) is 59.3 Å². The predicted molar refractivity (Wildman–Crippen MR) is 119 cm³/mol. The Hall–Kier alpha value is -3.26. The average molecular weight is 405 g/mol. The maximum absolute atomic E-state index is 11.1. The molecule has 5 heteroatoms. The minimum Gasteiger partial charge on any atom is -0.489 e. The molecule has 0 amide bonds. The number of aromatic nitrogens is 2. The monoisotopic (exact) mass is 404 g/mol. The summed E-state index contributed by atoms with van der Waals surface area (Å²) in [7, 11) is 0. The van der Waals surface area contributed by atoms with Gasteiger partial charge in [-0.3, -0.25) is 9.48 Å². The van der Waals surface area contributed by atoms with Crippen molar-refractivity contribution < 1.29 is 14.6 Å². The molecule has 0 aliphatic heterocycles. The van der Waals surface area contributed by atoms with Gasteiger partial charge in [-0.2, -0.15) is 5.10 Å². The second kappa shape index (κ2) is 9.49. The van der Waals surface area contributed by atoms with Crippen molar-refractivity contribution in [2.24, 2.45) is 5.92 Å². The number of fused-ring (bicyclic) bond motifs is 1. The van der Waals surface area contributed by atoms with Crippen molar-refractivity contribution in [1.29, 1.82) is 0 Å². The maximum atomic E-state index is 11.1. The fraction of sp³-hybridized carbons (Fsp3) is 0.360. The highest BCUT2D eigenvalue weighted by Gasteiger charge is 2.13. The van der Waals surface area contributed by atoms with Crippen LogP contribution in [0, 0.1) is 24.7 Å². The smallest absolute Gasteiger partial charge is 0.304 e. The zero-order chi connectivity index (χ0) is 21.7. The molecule has 30 heavy (non-hydrogen) atoms. The summed E-state index contributed by atoms with van der Waals surface area (Å²) in [6.07, 6.45) is -0.00939. The average Bonchev–Trinajstić information content (AvgIpc) is 3.00. The van der Waals surface area contributed by atoms with E-state index >= 15 is 0 Å². The van der Waals surface area contributed by atoms with Crippen LogP contribution in [0.5, 0.6) is 5.75 Å². The van der Waals surface area contributed by atoms with Gasteiger partial charge in [0.25, 0.3) is 0 Å². The first-order valence-corrected chi connectivity index (χ1v) is 10.2. The molecule has 0 spiro atoms. The van der Waals surface area contributed by atoms with Crippen LogP contribution < -0.4 is 4.74 Å². The van der Waals surface area contributed by atoms with E-state index in [0.717, 1.165) is 34.6 Å². The molecule has 0 unspecified atom stereocenters. The maximum Gasteiger partial charge on any atom is 0.304 e. The van der Waals surface area contributed by atoms with Crippen molar-refractivity contribution in [3.8, 4) is 17.6 Å². The molecule has 3 aromatic rings. The van der Waals surface area contributed by atoms with Gasteiger partial charge in [-0.25, -0.2) is 0 Å². The molecule has 0 fully saturated rings. The summed E-state index contributed by atoms with van der Waals surface area (Å²) in [4.78, 5) is 11.1. The van der Waals surface area contributed by atoms with Gasteiger partial charge in [-0.1, -0.05) is 44.0 Å². The number of hydrogen-bond acceptors (Lipinski definition) is 3. The van der Waals surface area contributed by atoms with Crippen LogP contribution in [-0.2, 0) is 17.9 Å². The SMILES string of the molecule is CC#C[C@@H](CC(=O)O)c1ccc(OCc2ccc3c(C)nn(CC(C)C)c3c2)cc1. The molecule has 0 saturated carbocycles. The lowest BCUT2D eigenvalue weighted by atomic mass is 9.96. The Balaban J connectivity index is 1.72. The summed E-state index contributed by atoms with van der Waals surface area (Å²) in [5.41, 5.74) is 4.14. The number of carboxylic acid groups (broad SMARTS) is 1. The Morgan fingerprint density at radius 3 is 2.57 bits per heavy atom. The number of rotatable bonds is 8. The van der Waals surface area contributed by atoms with Gasteiger partial charge in [0, 0.05) is 11.9 Å². The van der Waals surface area contributed by atoms with E-state index in [2.05, 4.69) is 53.7 Å². The topological polar surface area (TPSA) is 64.3 Å². The first-order chi connectivity index (χ1) is 14.4. The molecule has 0 radical (unpaired) electrons. The minimum absolute atomic E-state index is 0.00939. The molecule has 156 valence electrons. The molecule has 1 heterocycles. The van der Waals surface area contributed by atoms with Gasteiger partial charge in [0.2, 0.25) is 0 Å². The molecule has 0 aliphatic rings. The minimum atomic E-state index is -0.856. The van der Waals surface area contributed by atoms with E-state index < -0.39 is 5.97 Å². The zero-order valence-electron chi connectivity index (χ0n) is 18.0. The van der Waals surface area contributed by atoms with Crippen LogP contribution in [0.25, 0.3) is 10.9 Å². The second-order valence-corrected chi connectivity index (χ2v) is 7.92. The highest BCUT2D eigenvalue weighted by atomic mass is 16.5. The van der Waals surface area contributed by atoms with Gasteiger partial charge in [0.05, 0.1) is 23.5 Å². The first kappa shape index (κ1) is 21.4. The summed E-state index contributed by atoms with van der Waals surface area (Å²) in [6.45, 7) is 9.47. The Morgan fingerprint density at radius 2 is 1.93 bits per heavy atom. The Kier molecular flexibility index (Phi) is 6.79. The molecule has 0 bridgehead atoms. The lowest BCUT2D eigenvalue weighted by Gasteiger charge is -2.11. The van der Waals surface area contributed by atoms with Crippen LogP contribution in [0.2, 0.25) is 0 Å². The summed E-state index contributed by atoms with van der Waals surface area (Å²) in [6, 6.07) is 13.8. The summed E-state index contributed by atoms with van der Waals surface area (Å²) >= 11 is 0. The molecule has 0 aliphatic carbocycles. The molecule has 5 nitrogen and oxygen atoms in total. The summed E-state index contributed by atoms with van der Waals surface area (Å²) < 4.78 is 8.04. The fourth-order valence-corrected chi connectivity index (χ4v) is 3.52. The number of ether oxygens (including phenoxy) is 1. The Labute approximate surface area is 177 Å². The van der Waals surface area contributed by atoms with E-state index in [9.17, 15) is 4.79 Å². The van der Waals surface area contributed by atoms with Crippen LogP contribution in [0.4, 0.5) is 0 Å². The van der Waals surface area contributed by atoms with Crippen LogP contribution in [0.15, 0.2) is 42.5 Å². The van der Waals surface area contributed by atoms with Gasteiger partial charge in [-0.05, 0) is 49.1 Å². The van der Waals surface area contributed by atoms with E-state index in [0.29, 0.717) is 12.5 Å². The van der Waals surface area contributed by atoms with Crippen LogP contribution >= 0.6 is 0 Å². The van der Waals surface area contributed by atoms with Gasteiger partial charge in [0.1, 0.15) is 12.4 Å². The van der Waals surface area contributed by atoms with Crippen LogP contribution in [0.1, 0.15) is 49.9 Å². The lowest BCUT2D eigenvalue weighted by molar-refractivity contribution is -0.137. The van der Waals surface area contributed by atoms with Crippen molar-refractivity contribution in [3.63, 3.8) is 0 Å². The van der Waals surface area contributed by atoms with Crippen molar-refractivity contribution in [1.82, 2.24) is 9.78 Å². The number of aryl methyl sites for hydroxylation is 1. The summed E-state index contributed by atoms with van der Waals surface area (Å²) in [5, 5.41) is 14.9. The standard InChI is InChI=1S/C25H28N2O3/c1-5-6-21(14-25(28)29)20-8-10-22(11-9-20)30-16-19-7-12-23-18(4)26-27(15-17(2)3)24(23)13-19/h7-13,17,21H,14-16H2,1-4H3,(H,28,29)/t21-/m0/s1. The summed E-state index contributed by atoms with van der Waals surface area (Å²) in [5.74, 6) is 5.87. The molecule has 0 saturated heterocycles. The van der Waals surface area contributed by atoms with Crippen molar-refractivity contribution >= 4 is 16.9 Å². The van der Waals surface area contributed by atoms with Gasteiger partial charge < -0.3 is 9.84 Å². The number of carbonyl (C=O) groups is 1. The molecule has 3 rings (SSSR count). The third kappa shape index (κ3) is 5.21. The number of carboxylic acids is 1. The molecular formula is C25H28N2O3. The van der Waals surface area contributed by atoms with Gasteiger partial charge in [-0.15, -0.1) is 5.92 Å². The van der Waals surface area contributed by atoms with Crippen molar-refractivity contribution in [2.75, 3.05) is 0 Å². The Bertz CT molecular complexity index is 1090. The highest BCUT2D eigenvalue weighted by Crippen LogP contribution is 2.24. The van der Waals surface area contributed by atoms with Gasteiger partial charge in [0.15, 0.2) is 0 Å². The quantitative estimate of drug-likeness (QED) is 0.527. The second-order valence-electron chi connectivity index (χ2n) is 7.92. The van der Waals surface area contributed by atoms with E-state index in [-0.39, 0.29) is 12.3 Å². The van der Waals surface area contributed by atoms with E-state index in [1.807, 2.05) is 31.2 Å². The first-order valence-electron chi connectivity index (χ1n) is 10.2. The number of aliphatic carboxylic acids is 1. The third-order valence-corrected chi connectivity index (χ3v) is 4.92. The number of nitrogens with zero attached hydrogens (tertiary/aromatic N) is 2. The predicted octanol–water partition coefficient (Wildman–Crippen LogP) is 5.16. The third-order valence-electron chi connectivity index (χ3n) is 4.92. The lowest BCUT2D eigenvalue weighted by Crippen LogP contribution is -2.06. The van der Waals surface area contributed by atoms with Crippen LogP contribution in [0.3, 0.4) is 0 Å². The van der Waals surface area contributed by atoms with E-state index in [4.69, 9.17) is 9.84 Å². The number of benzene rings is 2. The van der Waals surface area contributed by atoms with Gasteiger partial charge >= 0.3 is 5.97 Å². The fourth-order valence-electron chi connectivity index (χ4n) is 3.52. The molecule has 2 aromatic carbocycles. The molecule has 1 N–H and O–H groups in total. The van der Waals surface area contributed by atoms with E-state index in [1.165, 1.54) is 5.39 Å². The number of hydrogen-bond donors (Lipinski definition) is 1.